The Morgan fingerprint density at radius 2 is 1.13 bits per heavy atom. The fourth-order valence-electron chi connectivity index (χ4n) is 6.70. The van der Waals surface area contributed by atoms with Crippen molar-refractivity contribution in [3.63, 3.8) is 0 Å². The number of ketones is 1. The van der Waals surface area contributed by atoms with E-state index in [-0.39, 0.29) is 25.7 Å². The van der Waals surface area contributed by atoms with Crippen molar-refractivity contribution >= 4 is 35.9 Å². The monoisotopic (exact) mass is 820 g/mol. The minimum absolute atomic E-state index is 0.0272. The third-order valence-corrected chi connectivity index (χ3v) is 9.46. The average Bonchev–Trinajstić information content (AvgIpc) is 3.16. The standard InChI is InChI=1S/C47H52N2O11/c1-45(2,3)59-43(55)48-36(27-29-18-21-32(22-19-29)31-14-10-8-11-15-31)39(50)38-41(53)57-47(7,58-42(38)54)25-24-34-26-30(20-23-35(34)33-16-12-9-13-17-33)28-37(40(51)52)49-44(56)60-46(4,5)6/h8-23,26,36-38H,24-25,27-28H2,1-7H3,(H,48,55)(H,49,56)(H,51,52). The molecule has 1 aliphatic heterocycles. The minimum atomic E-state index is -1.98. The van der Waals surface area contributed by atoms with E-state index in [1.807, 2.05) is 78.9 Å². The van der Waals surface area contributed by atoms with Crippen molar-refractivity contribution in [1.29, 1.82) is 0 Å². The van der Waals surface area contributed by atoms with Gasteiger partial charge in [-0.3, -0.25) is 14.4 Å². The second-order valence-corrected chi connectivity index (χ2v) is 16.9. The minimum Gasteiger partial charge on any atom is -0.480 e. The van der Waals surface area contributed by atoms with Crippen LogP contribution in [0.5, 0.6) is 0 Å². The van der Waals surface area contributed by atoms with Crippen LogP contribution in [0.1, 0.15) is 71.6 Å². The second kappa shape index (κ2) is 18.6. The lowest BCUT2D eigenvalue weighted by Gasteiger charge is -2.36. The maximum atomic E-state index is 14.1. The Kier molecular flexibility index (Phi) is 13.8. The summed E-state index contributed by atoms with van der Waals surface area (Å²) in [6.07, 6.45) is -1.75. The second-order valence-electron chi connectivity index (χ2n) is 16.9. The largest absolute Gasteiger partial charge is 0.480 e. The van der Waals surface area contributed by atoms with Gasteiger partial charge in [0.15, 0.2) is 5.78 Å². The highest BCUT2D eigenvalue weighted by molar-refractivity contribution is 6.17. The van der Waals surface area contributed by atoms with E-state index in [2.05, 4.69) is 10.6 Å². The molecule has 0 radical (unpaired) electrons. The molecule has 0 aromatic heterocycles. The fraction of sp³-hybridized carbons (Fsp3) is 0.362. The fourth-order valence-corrected chi connectivity index (χ4v) is 6.70. The Labute approximate surface area is 349 Å². The molecule has 0 spiro atoms. The molecule has 3 N–H and O–H groups in total. The van der Waals surface area contributed by atoms with Crippen LogP contribution < -0.4 is 10.6 Å². The topological polar surface area (TPSA) is 184 Å². The van der Waals surface area contributed by atoms with E-state index in [0.29, 0.717) is 16.7 Å². The van der Waals surface area contributed by atoms with Gasteiger partial charge in [-0.05, 0) is 93.3 Å². The highest BCUT2D eigenvalue weighted by Gasteiger charge is 2.51. The zero-order valence-corrected chi connectivity index (χ0v) is 34.9. The molecule has 0 bridgehead atoms. The maximum Gasteiger partial charge on any atom is 0.408 e. The van der Waals surface area contributed by atoms with Crippen LogP contribution in [0.25, 0.3) is 22.3 Å². The van der Waals surface area contributed by atoms with Gasteiger partial charge in [0.1, 0.15) is 17.2 Å². The van der Waals surface area contributed by atoms with Crippen molar-refractivity contribution in [2.75, 3.05) is 0 Å². The molecule has 4 aromatic rings. The Morgan fingerprint density at radius 1 is 0.667 bits per heavy atom. The number of carbonyl (C=O) groups excluding carboxylic acids is 5. The van der Waals surface area contributed by atoms with Crippen molar-refractivity contribution in [2.45, 2.75) is 103 Å². The van der Waals surface area contributed by atoms with Crippen LogP contribution >= 0.6 is 0 Å². The molecule has 0 saturated carbocycles. The molecular weight excluding hydrogens is 769 g/mol. The van der Waals surface area contributed by atoms with Gasteiger partial charge < -0.3 is 34.7 Å². The van der Waals surface area contributed by atoms with E-state index < -0.39 is 70.9 Å². The Balaban J connectivity index is 1.34. The Bertz CT molecular complexity index is 2170. The number of ether oxygens (including phenoxy) is 4. The summed E-state index contributed by atoms with van der Waals surface area (Å²) in [5.41, 5.74) is 3.79. The van der Waals surface area contributed by atoms with Crippen LogP contribution in [-0.2, 0) is 57.4 Å². The number of carbonyl (C=O) groups is 6. The number of aryl methyl sites for hydroxylation is 1. The first-order chi connectivity index (χ1) is 28.2. The van der Waals surface area contributed by atoms with Gasteiger partial charge in [0.05, 0.1) is 6.04 Å². The maximum absolute atomic E-state index is 14.1. The Hall–Kier alpha value is -6.50. The first-order valence-electron chi connectivity index (χ1n) is 19.7. The first kappa shape index (κ1) is 44.6. The summed E-state index contributed by atoms with van der Waals surface area (Å²) in [5.74, 6) is -8.17. The van der Waals surface area contributed by atoms with Gasteiger partial charge in [-0.15, -0.1) is 0 Å². The molecule has 1 saturated heterocycles. The van der Waals surface area contributed by atoms with E-state index in [0.717, 1.165) is 22.3 Å². The predicted octanol–water partition coefficient (Wildman–Crippen LogP) is 7.61. The molecular formula is C47H52N2O11. The number of Topliss-reactive ketones (excluding diaryl/α,β-unsaturated/α-hetero) is 1. The summed E-state index contributed by atoms with van der Waals surface area (Å²) in [6.45, 7) is 11.4. The van der Waals surface area contributed by atoms with Crippen molar-refractivity contribution in [3.8, 4) is 22.3 Å². The molecule has 4 aromatic carbocycles. The Morgan fingerprint density at radius 3 is 1.65 bits per heavy atom. The summed E-state index contributed by atoms with van der Waals surface area (Å²) in [7, 11) is 0. The number of esters is 2. The third kappa shape index (κ3) is 12.5. The van der Waals surface area contributed by atoms with E-state index in [9.17, 15) is 33.9 Å². The molecule has 13 heteroatoms. The van der Waals surface area contributed by atoms with Crippen molar-refractivity contribution < 1.29 is 52.8 Å². The number of carboxylic acid groups (broad SMARTS) is 1. The summed E-state index contributed by atoms with van der Waals surface area (Å²) in [6, 6.07) is 29.2. The predicted molar refractivity (Wildman–Crippen MR) is 223 cm³/mol. The van der Waals surface area contributed by atoms with Crippen LogP contribution in [0, 0.1) is 5.92 Å². The van der Waals surface area contributed by atoms with Crippen LogP contribution in [0.4, 0.5) is 9.59 Å². The first-order valence-corrected chi connectivity index (χ1v) is 19.7. The molecule has 316 valence electrons. The number of amides is 2. The summed E-state index contributed by atoms with van der Waals surface area (Å²) >= 11 is 0. The number of hydrogen-bond donors (Lipinski definition) is 3. The number of rotatable bonds is 14. The van der Waals surface area contributed by atoms with Crippen molar-refractivity contribution in [3.05, 3.63) is 120 Å². The highest BCUT2D eigenvalue weighted by atomic mass is 16.7. The van der Waals surface area contributed by atoms with Gasteiger partial charge in [0, 0.05) is 19.8 Å². The highest BCUT2D eigenvalue weighted by Crippen LogP contribution is 2.33. The van der Waals surface area contributed by atoms with Crippen LogP contribution in [0.15, 0.2) is 103 Å². The quantitative estimate of drug-likeness (QED) is 0.0647. The van der Waals surface area contributed by atoms with Crippen LogP contribution in [0.3, 0.4) is 0 Å². The van der Waals surface area contributed by atoms with Gasteiger partial charge in [-0.2, -0.15) is 0 Å². The number of aliphatic carboxylic acids is 1. The number of benzene rings is 4. The molecule has 2 atom stereocenters. The number of nitrogens with one attached hydrogen (secondary N) is 2. The van der Waals surface area contributed by atoms with Gasteiger partial charge >= 0.3 is 30.1 Å². The molecule has 60 heavy (non-hydrogen) atoms. The van der Waals surface area contributed by atoms with E-state index in [1.165, 1.54) is 6.92 Å². The van der Waals surface area contributed by atoms with Crippen molar-refractivity contribution in [1.82, 2.24) is 10.6 Å². The van der Waals surface area contributed by atoms with Crippen LogP contribution in [-0.4, -0.2) is 70.1 Å². The van der Waals surface area contributed by atoms with Gasteiger partial charge in [-0.25, -0.2) is 14.4 Å². The summed E-state index contributed by atoms with van der Waals surface area (Å²) < 4.78 is 22.1. The normalized spacial score (nSPS) is 17.6. The molecule has 2 unspecified atom stereocenters. The smallest absolute Gasteiger partial charge is 0.408 e. The molecule has 1 heterocycles. The van der Waals surface area contributed by atoms with Gasteiger partial charge in [0.25, 0.3) is 5.79 Å². The molecule has 5 rings (SSSR count). The molecule has 2 amide bonds. The number of hydrogen-bond acceptors (Lipinski definition) is 10. The van der Waals surface area contributed by atoms with E-state index in [4.69, 9.17) is 18.9 Å². The molecule has 0 aliphatic carbocycles. The summed E-state index contributed by atoms with van der Waals surface area (Å²) in [5, 5.41) is 14.9. The third-order valence-electron chi connectivity index (χ3n) is 9.46. The number of alkyl carbamates (subject to hydrolysis) is 2. The average molecular weight is 821 g/mol. The number of cyclic esters (lactones) is 2. The number of carboxylic acids is 1. The zero-order chi connectivity index (χ0) is 43.8. The lowest BCUT2D eigenvalue weighted by atomic mass is 9.90. The van der Waals surface area contributed by atoms with E-state index >= 15 is 0 Å². The lowest BCUT2D eigenvalue weighted by molar-refractivity contribution is -0.246. The summed E-state index contributed by atoms with van der Waals surface area (Å²) in [4.78, 5) is 79.0. The zero-order valence-electron chi connectivity index (χ0n) is 34.9. The molecule has 13 nitrogen and oxygen atoms in total. The van der Waals surface area contributed by atoms with Gasteiger partial charge in [0.2, 0.25) is 5.92 Å². The lowest BCUT2D eigenvalue weighted by Crippen LogP contribution is -2.55. The molecule has 1 fully saturated rings. The van der Waals surface area contributed by atoms with Gasteiger partial charge in [-0.1, -0.05) is 103 Å². The molecule has 1 aliphatic rings. The van der Waals surface area contributed by atoms with Crippen molar-refractivity contribution in [2.24, 2.45) is 5.92 Å². The SMILES string of the molecule is CC(C)(C)OC(=O)NC(Cc1ccc(-c2ccccc2)c(CCC2(C)OC(=O)C(C(=O)C(Cc3ccc(-c4ccccc4)cc3)NC(=O)OC(C)(C)C)C(=O)O2)c1)C(=O)O. The van der Waals surface area contributed by atoms with E-state index in [1.54, 1.807) is 65.8 Å². The van der Waals surface area contributed by atoms with Crippen LogP contribution in [0.2, 0.25) is 0 Å².